The highest BCUT2D eigenvalue weighted by Gasteiger charge is 2.54. The number of aliphatic hydroxyl groups excluding tert-OH is 1. The summed E-state index contributed by atoms with van der Waals surface area (Å²) in [6, 6.07) is 0. The van der Waals surface area contributed by atoms with Crippen LogP contribution in [0.4, 0.5) is 0 Å². The van der Waals surface area contributed by atoms with Gasteiger partial charge in [-0.2, -0.15) is 0 Å². The molecule has 34 heavy (non-hydrogen) atoms. The molecule has 1 fully saturated rings. The number of ether oxygens (including phenoxy) is 2. The summed E-state index contributed by atoms with van der Waals surface area (Å²) >= 11 is 0. The van der Waals surface area contributed by atoms with Crippen molar-refractivity contribution >= 4 is 25.0 Å². The van der Waals surface area contributed by atoms with E-state index in [0.29, 0.717) is 6.61 Å². The SMILES string of the molecule is CO[C@H]1O[C@H](CO[Si](C)(C)C(C)(C)C)[C@@H](O[Si](C)(C)C(C)(C)C)[C@H](O[Si](C)(C)C(C)(C)C)[C@@H]1O. The highest BCUT2D eigenvalue weighted by Crippen LogP contribution is 2.44. The molecule has 0 amide bonds. The zero-order valence-electron chi connectivity index (χ0n) is 25.1. The number of aliphatic hydroxyl groups is 1. The summed E-state index contributed by atoms with van der Waals surface area (Å²) in [5.41, 5.74) is 0. The Kier molecular flexibility index (Phi) is 10.2. The van der Waals surface area contributed by atoms with Gasteiger partial charge in [-0.15, -0.1) is 0 Å². The van der Waals surface area contributed by atoms with Gasteiger partial charge < -0.3 is 27.9 Å². The van der Waals surface area contributed by atoms with E-state index >= 15 is 0 Å². The monoisotopic (exact) mass is 536 g/mol. The van der Waals surface area contributed by atoms with Crippen LogP contribution in [0.2, 0.25) is 54.4 Å². The molecule has 204 valence electrons. The van der Waals surface area contributed by atoms with Gasteiger partial charge in [-0.3, -0.25) is 0 Å². The fourth-order valence-corrected chi connectivity index (χ4v) is 6.68. The molecule has 0 aromatic heterocycles. The Morgan fingerprint density at radius 1 is 0.676 bits per heavy atom. The summed E-state index contributed by atoms with van der Waals surface area (Å²) in [7, 11) is -4.89. The molecular weight excluding hydrogens is 481 g/mol. The van der Waals surface area contributed by atoms with Crippen LogP contribution in [0.25, 0.3) is 0 Å². The summed E-state index contributed by atoms with van der Waals surface area (Å²) in [5.74, 6) is 0. The molecule has 0 saturated carbocycles. The highest BCUT2D eigenvalue weighted by molar-refractivity contribution is 6.75. The van der Waals surface area contributed by atoms with E-state index in [0.717, 1.165) is 0 Å². The first-order valence-corrected chi connectivity index (χ1v) is 21.5. The molecule has 0 aliphatic carbocycles. The van der Waals surface area contributed by atoms with Crippen LogP contribution in [0.3, 0.4) is 0 Å². The molecule has 0 unspecified atom stereocenters. The summed E-state index contributed by atoms with van der Waals surface area (Å²) in [6.07, 6.45) is -3.13. The fraction of sp³-hybridized carbons (Fsp3) is 1.00. The quantitative estimate of drug-likeness (QED) is 0.356. The average Bonchev–Trinajstić information content (AvgIpc) is 2.61. The van der Waals surface area contributed by atoms with Crippen LogP contribution in [0.1, 0.15) is 62.3 Å². The Morgan fingerprint density at radius 3 is 1.41 bits per heavy atom. The van der Waals surface area contributed by atoms with Crippen LogP contribution in [-0.2, 0) is 22.8 Å². The lowest BCUT2D eigenvalue weighted by Crippen LogP contribution is -2.66. The maximum atomic E-state index is 11.4. The van der Waals surface area contributed by atoms with Gasteiger partial charge >= 0.3 is 0 Å². The predicted molar refractivity (Wildman–Crippen MR) is 149 cm³/mol. The maximum absolute atomic E-state index is 11.4. The van der Waals surface area contributed by atoms with E-state index in [-0.39, 0.29) is 15.1 Å². The standard InChI is InChI=1S/C25H56O6Si3/c1-23(2,3)32(11,12)28-17-18-20(30-33(13,14)24(4,5)6)21(19(26)22(27-10)29-18)31-34(15,16)25(7,8)9/h18-22,26H,17H2,1-16H3/t18-,19+,20-,21-,22+/m1/s1. The molecule has 1 aliphatic rings. The van der Waals surface area contributed by atoms with Crippen molar-refractivity contribution in [3.63, 3.8) is 0 Å². The van der Waals surface area contributed by atoms with Crippen molar-refractivity contribution in [2.75, 3.05) is 13.7 Å². The molecule has 5 atom stereocenters. The molecule has 0 aromatic carbocycles. The van der Waals surface area contributed by atoms with Gasteiger partial charge in [0.2, 0.25) is 0 Å². The van der Waals surface area contributed by atoms with Crippen molar-refractivity contribution in [1.82, 2.24) is 0 Å². The zero-order valence-corrected chi connectivity index (χ0v) is 28.1. The van der Waals surface area contributed by atoms with Crippen molar-refractivity contribution in [3.05, 3.63) is 0 Å². The zero-order chi connectivity index (χ0) is 27.1. The third kappa shape index (κ3) is 7.47. The van der Waals surface area contributed by atoms with Crippen LogP contribution >= 0.6 is 0 Å². The van der Waals surface area contributed by atoms with Crippen LogP contribution in [0.15, 0.2) is 0 Å². The van der Waals surface area contributed by atoms with Crippen LogP contribution in [0.5, 0.6) is 0 Å². The van der Waals surface area contributed by atoms with E-state index in [2.05, 4.69) is 102 Å². The van der Waals surface area contributed by atoms with Crippen molar-refractivity contribution < 1.29 is 27.9 Å². The highest BCUT2D eigenvalue weighted by atomic mass is 28.4. The Hall–Kier alpha value is 0.411. The van der Waals surface area contributed by atoms with E-state index in [1.54, 1.807) is 7.11 Å². The molecule has 0 radical (unpaired) electrons. The Bertz CT molecular complexity index is 661. The Labute approximate surface area is 213 Å². The first kappa shape index (κ1) is 32.4. The first-order valence-electron chi connectivity index (χ1n) is 12.7. The largest absolute Gasteiger partial charge is 0.414 e. The molecule has 6 nitrogen and oxygen atoms in total. The topological polar surface area (TPSA) is 66.4 Å². The smallest absolute Gasteiger partial charge is 0.192 e. The van der Waals surface area contributed by atoms with Gasteiger partial charge in [-0.1, -0.05) is 62.3 Å². The summed E-state index contributed by atoms with van der Waals surface area (Å²) in [6.45, 7) is 33.8. The predicted octanol–water partition coefficient (Wildman–Crippen LogP) is 6.52. The van der Waals surface area contributed by atoms with E-state index in [1.165, 1.54) is 0 Å². The molecule has 0 spiro atoms. The van der Waals surface area contributed by atoms with E-state index in [9.17, 15) is 5.11 Å². The minimum absolute atomic E-state index is 0.00240. The summed E-state index contributed by atoms with van der Waals surface area (Å²) in [5, 5.41) is 11.4. The molecule has 1 heterocycles. The number of methoxy groups -OCH3 is 1. The van der Waals surface area contributed by atoms with Crippen LogP contribution in [0, 0.1) is 0 Å². The van der Waals surface area contributed by atoms with Gasteiger partial charge in [-0.05, 0) is 54.4 Å². The Morgan fingerprint density at radius 2 is 1.06 bits per heavy atom. The number of hydrogen-bond acceptors (Lipinski definition) is 6. The maximum Gasteiger partial charge on any atom is 0.192 e. The lowest BCUT2D eigenvalue weighted by atomic mass is 9.99. The normalized spacial score (nSPS) is 28.3. The molecule has 1 aliphatic heterocycles. The molecular formula is C25H56O6Si3. The minimum atomic E-state index is -2.23. The van der Waals surface area contributed by atoms with E-state index in [4.69, 9.17) is 22.8 Å². The van der Waals surface area contributed by atoms with Crippen LogP contribution < -0.4 is 0 Å². The van der Waals surface area contributed by atoms with Gasteiger partial charge in [0, 0.05) is 7.11 Å². The molecule has 0 bridgehead atoms. The van der Waals surface area contributed by atoms with E-state index in [1.807, 2.05) is 0 Å². The molecule has 9 heteroatoms. The van der Waals surface area contributed by atoms with Gasteiger partial charge in [0.15, 0.2) is 31.2 Å². The first-order chi connectivity index (χ1) is 14.9. The second-order valence-electron chi connectivity index (χ2n) is 14.5. The third-order valence-electron chi connectivity index (χ3n) is 8.74. The number of rotatable bonds is 8. The lowest BCUT2D eigenvalue weighted by Gasteiger charge is -2.52. The third-order valence-corrected chi connectivity index (χ3v) is 22.2. The van der Waals surface area contributed by atoms with Crippen molar-refractivity contribution in [3.8, 4) is 0 Å². The van der Waals surface area contributed by atoms with Crippen molar-refractivity contribution in [1.29, 1.82) is 0 Å². The summed E-state index contributed by atoms with van der Waals surface area (Å²) < 4.78 is 32.3. The van der Waals surface area contributed by atoms with Gasteiger partial charge in [0.25, 0.3) is 0 Å². The van der Waals surface area contributed by atoms with Crippen molar-refractivity contribution in [2.24, 2.45) is 0 Å². The second kappa shape index (κ2) is 10.6. The Balaban J connectivity index is 3.47. The number of hydrogen-bond donors (Lipinski definition) is 1. The molecule has 1 N–H and O–H groups in total. The van der Waals surface area contributed by atoms with Gasteiger partial charge in [0.05, 0.1) is 6.61 Å². The molecule has 1 rings (SSSR count). The second-order valence-corrected chi connectivity index (χ2v) is 28.8. The van der Waals surface area contributed by atoms with Crippen molar-refractivity contribution in [2.45, 2.75) is 147 Å². The van der Waals surface area contributed by atoms with E-state index < -0.39 is 55.7 Å². The van der Waals surface area contributed by atoms with Gasteiger partial charge in [0.1, 0.15) is 24.4 Å². The fourth-order valence-electron chi connectivity index (χ4n) is 3.04. The van der Waals surface area contributed by atoms with Crippen LogP contribution in [-0.4, -0.2) is 74.5 Å². The average molecular weight is 537 g/mol. The molecule has 1 saturated heterocycles. The minimum Gasteiger partial charge on any atom is -0.414 e. The summed E-state index contributed by atoms with van der Waals surface area (Å²) in [4.78, 5) is 0. The lowest BCUT2D eigenvalue weighted by molar-refractivity contribution is -0.288. The van der Waals surface area contributed by atoms with Gasteiger partial charge in [-0.25, -0.2) is 0 Å². The molecule has 0 aromatic rings.